The van der Waals surface area contributed by atoms with Crippen molar-refractivity contribution in [2.24, 2.45) is 5.92 Å². The molecule has 1 aliphatic carbocycles. The monoisotopic (exact) mass is 534 g/mol. The SMILES string of the molecule is C=C1CCC[C@@H]2CC=CC(C/C=C\C(=O)OC(C(O)/C=C/C3CCc4ccccc4C3)C[C@@H]3OC3[C@@H](O)C1)O2. The molecule has 8 atom stereocenters. The molecular weight excluding hydrogens is 492 g/mol. The van der Waals surface area contributed by atoms with Crippen molar-refractivity contribution < 1.29 is 29.2 Å². The van der Waals surface area contributed by atoms with Gasteiger partial charge >= 0.3 is 5.97 Å². The highest BCUT2D eigenvalue weighted by Gasteiger charge is 2.46. The molecule has 3 heterocycles. The van der Waals surface area contributed by atoms with E-state index in [1.54, 1.807) is 12.2 Å². The third-order valence-corrected chi connectivity index (χ3v) is 8.37. The molecule has 0 saturated carbocycles. The highest BCUT2D eigenvalue weighted by atomic mass is 16.6. The summed E-state index contributed by atoms with van der Waals surface area (Å²) in [5.41, 5.74) is 3.76. The first kappa shape index (κ1) is 28.0. The number of hydrogen-bond acceptors (Lipinski definition) is 6. The van der Waals surface area contributed by atoms with E-state index in [0.29, 0.717) is 25.2 Å². The number of esters is 1. The predicted molar refractivity (Wildman–Crippen MR) is 150 cm³/mol. The van der Waals surface area contributed by atoms with Crippen LogP contribution in [0.5, 0.6) is 0 Å². The fraction of sp³-hybridized carbons (Fsp3) is 0.545. The molecule has 39 heavy (non-hydrogen) atoms. The van der Waals surface area contributed by atoms with Gasteiger partial charge in [-0.2, -0.15) is 0 Å². The molecular formula is C33H42O6. The number of fused-ring (bicyclic) bond motifs is 4. The van der Waals surface area contributed by atoms with Gasteiger partial charge in [0.05, 0.1) is 24.4 Å². The zero-order valence-electron chi connectivity index (χ0n) is 22.7. The van der Waals surface area contributed by atoms with Gasteiger partial charge in [-0.3, -0.25) is 0 Å². The lowest BCUT2D eigenvalue weighted by Crippen LogP contribution is -2.32. The zero-order chi connectivity index (χ0) is 27.2. The summed E-state index contributed by atoms with van der Waals surface area (Å²) in [5.74, 6) is -0.169. The number of hydrogen-bond donors (Lipinski definition) is 2. The van der Waals surface area contributed by atoms with Gasteiger partial charge in [-0.05, 0) is 74.8 Å². The molecule has 6 heteroatoms. The predicted octanol–water partition coefficient (Wildman–Crippen LogP) is 4.93. The minimum atomic E-state index is -0.965. The second-order valence-electron chi connectivity index (χ2n) is 11.5. The maximum absolute atomic E-state index is 12.7. The molecule has 3 aliphatic heterocycles. The van der Waals surface area contributed by atoms with E-state index in [4.69, 9.17) is 14.2 Å². The normalized spacial score (nSPS) is 35.7. The van der Waals surface area contributed by atoms with Crippen LogP contribution in [0, 0.1) is 5.92 Å². The number of ether oxygens (including phenoxy) is 3. The van der Waals surface area contributed by atoms with Gasteiger partial charge in [-0.25, -0.2) is 4.79 Å². The molecule has 0 radical (unpaired) electrons. The summed E-state index contributed by atoms with van der Waals surface area (Å²) in [7, 11) is 0. The molecule has 5 unspecified atom stereocenters. The van der Waals surface area contributed by atoms with Crippen LogP contribution in [-0.4, -0.2) is 58.9 Å². The van der Waals surface area contributed by atoms with Crippen LogP contribution in [0.15, 0.2) is 72.9 Å². The Morgan fingerprint density at radius 2 is 1.87 bits per heavy atom. The Kier molecular flexibility index (Phi) is 9.51. The number of carbonyl (C=O) groups is 1. The van der Waals surface area contributed by atoms with Gasteiger partial charge in [0.2, 0.25) is 0 Å². The van der Waals surface area contributed by atoms with E-state index in [-0.39, 0.29) is 24.4 Å². The van der Waals surface area contributed by atoms with Gasteiger partial charge in [-0.1, -0.05) is 66.8 Å². The van der Waals surface area contributed by atoms with Gasteiger partial charge < -0.3 is 24.4 Å². The summed E-state index contributed by atoms with van der Waals surface area (Å²) in [4.78, 5) is 12.7. The summed E-state index contributed by atoms with van der Waals surface area (Å²) in [6, 6.07) is 8.50. The molecule has 6 nitrogen and oxygen atoms in total. The molecule has 2 bridgehead atoms. The van der Waals surface area contributed by atoms with Crippen LogP contribution in [0.2, 0.25) is 0 Å². The Hall–Kier alpha value is -2.51. The minimum Gasteiger partial charge on any atom is -0.456 e. The van der Waals surface area contributed by atoms with Crippen molar-refractivity contribution in [3.8, 4) is 0 Å². The first-order valence-corrected chi connectivity index (χ1v) is 14.6. The van der Waals surface area contributed by atoms with Crippen LogP contribution in [0.1, 0.15) is 62.5 Å². The number of aliphatic hydroxyl groups is 2. The second kappa shape index (κ2) is 13.2. The number of benzene rings is 1. The summed E-state index contributed by atoms with van der Waals surface area (Å²) in [6.45, 7) is 4.17. The van der Waals surface area contributed by atoms with Crippen molar-refractivity contribution in [2.75, 3.05) is 0 Å². The van der Waals surface area contributed by atoms with Crippen molar-refractivity contribution in [2.45, 2.75) is 107 Å². The largest absolute Gasteiger partial charge is 0.456 e. The van der Waals surface area contributed by atoms with Gasteiger partial charge in [0.1, 0.15) is 18.3 Å². The topological polar surface area (TPSA) is 88.5 Å². The van der Waals surface area contributed by atoms with E-state index in [1.165, 1.54) is 17.2 Å². The number of aliphatic hydroxyl groups excluding tert-OH is 2. The Morgan fingerprint density at radius 3 is 2.74 bits per heavy atom. The van der Waals surface area contributed by atoms with E-state index in [0.717, 1.165) is 50.5 Å². The van der Waals surface area contributed by atoms with Crippen LogP contribution in [0.4, 0.5) is 0 Å². The molecule has 1 aromatic carbocycles. The first-order chi connectivity index (χ1) is 18.9. The quantitative estimate of drug-likeness (QED) is 0.325. The Labute approximate surface area is 232 Å². The average molecular weight is 535 g/mol. The third-order valence-electron chi connectivity index (χ3n) is 8.37. The van der Waals surface area contributed by atoms with Crippen LogP contribution < -0.4 is 0 Å². The molecule has 0 amide bonds. The summed E-state index contributed by atoms with van der Waals surface area (Å²) in [5, 5.41) is 21.8. The molecule has 5 rings (SSSR count). The maximum atomic E-state index is 12.7. The molecule has 4 aliphatic rings. The van der Waals surface area contributed by atoms with Crippen molar-refractivity contribution >= 4 is 5.97 Å². The van der Waals surface area contributed by atoms with Crippen molar-refractivity contribution in [3.63, 3.8) is 0 Å². The fourth-order valence-corrected chi connectivity index (χ4v) is 6.09. The third kappa shape index (κ3) is 8.01. The van der Waals surface area contributed by atoms with Crippen LogP contribution in [-0.2, 0) is 31.8 Å². The van der Waals surface area contributed by atoms with Gasteiger partial charge in [0.15, 0.2) is 0 Å². The zero-order valence-corrected chi connectivity index (χ0v) is 22.7. The molecule has 0 spiro atoms. The Bertz CT molecular complexity index is 1090. The molecule has 210 valence electrons. The van der Waals surface area contributed by atoms with E-state index in [1.807, 2.05) is 6.08 Å². The number of aryl methyl sites for hydroxylation is 1. The number of carbonyl (C=O) groups excluding carboxylic acids is 1. The van der Waals surface area contributed by atoms with E-state index in [2.05, 4.69) is 43.0 Å². The average Bonchev–Trinajstić information content (AvgIpc) is 3.70. The Morgan fingerprint density at radius 1 is 1.03 bits per heavy atom. The fourth-order valence-electron chi connectivity index (χ4n) is 6.09. The minimum absolute atomic E-state index is 0.0673. The summed E-state index contributed by atoms with van der Waals surface area (Å²) in [6.07, 6.45) is 16.3. The van der Waals surface area contributed by atoms with E-state index < -0.39 is 24.3 Å². The van der Waals surface area contributed by atoms with Crippen LogP contribution >= 0.6 is 0 Å². The molecule has 0 aromatic heterocycles. The molecule has 1 saturated heterocycles. The molecule has 1 fully saturated rings. The summed E-state index contributed by atoms with van der Waals surface area (Å²) < 4.78 is 17.7. The highest BCUT2D eigenvalue weighted by molar-refractivity contribution is 5.82. The number of rotatable bonds is 3. The Balaban J connectivity index is 1.25. The number of allylic oxidation sites excluding steroid dienone is 1. The lowest BCUT2D eigenvalue weighted by atomic mass is 9.83. The summed E-state index contributed by atoms with van der Waals surface area (Å²) >= 11 is 0. The second-order valence-corrected chi connectivity index (χ2v) is 11.5. The van der Waals surface area contributed by atoms with E-state index >= 15 is 0 Å². The van der Waals surface area contributed by atoms with Gasteiger partial charge in [0.25, 0.3) is 0 Å². The van der Waals surface area contributed by atoms with Crippen molar-refractivity contribution in [3.05, 3.63) is 84.0 Å². The van der Waals surface area contributed by atoms with Gasteiger partial charge in [-0.15, -0.1) is 0 Å². The van der Waals surface area contributed by atoms with Crippen LogP contribution in [0.25, 0.3) is 0 Å². The number of epoxide rings is 1. The van der Waals surface area contributed by atoms with Crippen molar-refractivity contribution in [1.29, 1.82) is 0 Å². The molecule has 2 N–H and O–H groups in total. The maximum Gasteiger partial charge on any atom is 0.330 e. The molecule has 1 aromatic rings. The standard InChI is InChI=1S/C33H42O6/c1-22-7-4-10-26-11-5-12-27(37-26)13-6-14-32(36)38-30(21-31-33(39-31)29(35)19-22)28(34)18-16-23-15-17-24-8-2-3-9-25(24)20-23/h2-3,5-6,8-9,12,14,16,18,23,26-31,33-35H,1,4,7,10-11,13,15,17,19-21H2/b14-6-,18-16+/t23?,26-,27?,28?,29+,30?,31+,33?/m1/s1. The van der Waals surface area contributed by atoms with Gasteiger partial charge in [0, 0.05) is 12.5 Å². The first-order valence-electron chi connectivity index (χ1n) is 14.6. The highest BCUT2D eigenvalue weighted by Crippen LogP contribution is 2.34. The lowest BCUT2D eigenvalue weighted by Gasteiger charge is -2.26. The number of cyclic esters (lactones) is 1. The smallest absolute Gasteiger partial charge is 0.330 e. The lowest BCUT2D eigenvalue weighted by molar-refractivity contribution is -0.148. The van der Waals surface area contributed by atoms with E-state index in [9.17, 15) is 15.0 Å². The van der Waals surface area contributed by atoms with Crippen LogP contribution in [0.3, 0.4) is 0 Å². The van der Waals surface area contributed by atoms with Crippen molar-refractivity contribution in [1.82, 2.24) is 0 Å².